The van der Waals surface area contributed by atoms with Gasteiger partial charge in [-0.15, -0.1) is 6.58 Å². The van der Waals surface area contributed by atoms with Crippen LogP contribution in [0.4, 0.5) is 5.69 Å². The molecule has 0 radical (unpaired) electrons. The van der Waals surface area contributed by atoms with Gasteiger partial charge >= 0.3 is 0 Å². The average Bonchev–Trinajstić information content (AvgIpc) is 2.60. The molecule has 0 aliphatic carbocycles. The third kappa shape index (κ3) is 1.80. The maximum Gasteiger partial charge on any atom is 0.227 e. The molecular formula is C13H15NO. The Hall–Kier alpha value is -1.57. The van der Waals surface area contributed by atoms with Crippen LogP contribution in [0, 0.1) is 12.8 Å². The number of rotatable bonds is 2. The van der Waals surface area contributed by atoms with E-state index in [0.717, 1.165) is 17.8 Å². The van der Waals surface area contributed by atoms with Gasteiger partial charge in [-0.25, -0.2) is 0 Å². The molecular weight excluding hydrogens is 186 g/mol. The maximum absolute atomic E-state index is 11.8. The molecule has 0 bridgehead atoms. The molecule has 2 rings (SSSR count). The van der Waals surface area contributed by atoms with Crippen LogP contribution in [0.3, 0.4) is 0 Å². The van der Waals surface area contributed by atoms with Gasteiger partial charge in [-0.05, 0) is 18.6 Å². The van der Waals surface area contributed by atoms with Crippen LogP contribution in [-0.4, -0.2) is 12.5 Å². The van der Waals surface area contributed by atoms with Crippen LogP contribution in [-0.2, 0) is 4.79 Å². The summed E-state index contributed by atoms with van der Waals surface area (Å²) < 4.78 is 0. The van der Waals surface area contributed by atoms with Crippen molar-refractivity contribution < 1.29 is 4.79 Å². The Bertz CT molecular complexity index is 397. The highest BCUT2D eigenvalue weighted by molar-refractivity contribution is 5.96. The van der Waals surface area contributed by atoms with E-state index in [9.17, 15) is 4.79 Å². The summed E-state index contributed by atoms with van der Waals surface area (Å²) in [5.74, 6) is 0.506. The number of hydrogen-bond donors (Lipinski definition) is 0. The molecule has 1 aliphatic rings. The molecule has 0 saturated carbocycles. The number of benzene rings is 1. The second kappa shape index (κ2) is 3.89. The Morgan fingerprint density at radius 2 is 2.20 bits per heavy atom. The molecule has 1 heterocycles. The average molecular weight is 201 g/mol. The predicted molar refractivity (Wildman–Crippen MR) is 61.8 cm³/mol. The molecule has 0 N–H and O–H groups in total. The van der Waals surface area contributed by atoms with Crippen molar-refractivity contribution in [3.05, 3.63) is 42.5 Å². The number of para-hydroxylation sites is 1. The van der Waals surface area contributed by atoms with E-state index in [2.05, 4.69) is 6.58 Å². The Labute approximate surface area is 90.2 Å². The first-order chi connectivity index (χ1) is 7.22. The lowest BCUT2D eigenvalue weighted by Crippen LogP contribution is -2.25. The molecule has 15 heavy (non-hydrogen) atoms. The number of anilines is 1. The second-order valence-electron chi connectivity index (χ2n) is 3.99. The van der Waals surface area contributed by atoms with Crippen molar-refractivity contribution in [2.75, 3.05) is 11.4 Å². The summed E-state index contributed by atoms with van der Waals surface area (Å²) in [4.78, 5) is 13.6. The minimum Gasteiger partial charge on any atom is -0.312 e. The number of amides is 1. The normalized spacial score (nSPS) is 20.7. The topological polar surface area (TPSA) is 20.3 Å². The van der Waals surface area contributed by atoms with Crippen molar-refractivity contribution in [1.29, 1.82) is 0 Å². The number of aryl methyl sites for hydroxylation is 1. The van der Waals surface area contributed by atoms with Crippen LogP contribution in [0.1, 0.15) is 12.0 Å². The summed E-state index contributed by atoms with van der Waals surface area (Å²) in [6.07, 6.45) is 2.47. The SMILES string of the molecule is C=CC1CC(=O)N(c2ccccc2C)C1. The van der Waals surface area contributed by atoms with E-state index in [-0.39, 0.29) is 5.91 Å². The van der Waals surface area contributed by atoms with Crippen molar-refractivity contribution in [3.8, 4) is 0 Å². The van der Waals surface area contributed by atoms with Gasteiger partial charge in [0.1, 0.15) is 0 Å². The zero-order valence-electron chi connectivity index (χ0n) is 8.94. The van der Waals surface area contributed by atoms with E-state index >= 15 is 0 Å². The van der Waals surface area contributed by atoms with Crippen molar-refractivity contribution in [1.82, 2.24) is 0 Å². The molecule has 0 aromatic heterocycles. The predicted octanol–water partition coefficient (Wildman–Crippen LogP) is 2.53. The minimum absolute atomic E-state index is 0.203. The smallest absolute Gasteiger partial charge is 0.227 e. The highest BCUT2D eigenvalue weighted by Gasteiger charge is 2.29. The quantitative estimate of drug-likeness (QED) is 0.673. The summed E-state index contributed by atoms with van der Waals surface area (Å²) in [6, 6.07) is 7.99. The van der Waals surface area contributed by atoms with E-state index < -0.39 is 0 Å². The van der Waals surface area contributed by atoms with Crippen LogP contribution < -0.4 is 4.90 Å². The molecule has 2 heteroatoms. The number of nitrogens with zero attached hydrogens (tertiary/aromatic N) is 1. The molecule has 78 valence electrons. The molecule has 1 amide bonds. The van der Waals surface area contributed by atoms with Gasteiger partial charge in [-0.1, -0.05) is 24.3 Å². The first kappa shape index (κ1) is 9.97. The van der Waals surface area contributed by atoms with Crippen molar-refractivity contribution in [3.63, 3.8) is 0 Å². The minimum atomic E-state index is 0.203. The molecule has 1 aliphatic heterocycles. The van der Waals surface area contributed by atoms with Crippen molar-refractivity contribution >= 4 is 11.6 Å². The van der Waals surface area contributed by atoms with Gasteiger partial charge in [-0.3, -0.25) is 4.79 Å². The standard InChI is InChI=1S/C13H15NO/c1-3-11-8-13(15)14(9-11)12-7-5-4-6-10(12)2/h3-7,11H,1,8-9H2,2H3. The van der Waals surface area contributed by atoms with Crippen LogP contribution >= 0.6 is 0 Å². The Morgan fingerprint density at radius 1 is 1.47 bits per heavy atom. The van der Waals surface area contributed by atoms with Gasteiger partial charge in [0.2, 0.25) is 5.91 Å². The summed E-state index contributed by atoms with van der Waals surface area (Å²) >= 11 is 0. The van der Waals surface area contributed by atoms with E-state index in [1.165, 1.54) is 0 Å². The molecule has 0 spiro atoms. The van der Waals surface area contributed by atoms with Crippen LogP contribution in [0.25, 0.3) is 0 Å². The second-order valence-corrected chi connectivity index (χ2v) is 3.99. The van der Waals surface area contributed by atoms with Crippen LogP contribution in [0.2, 0.25) is 0 Å². The molecule has 1 fully saturated rings. The zero-order valence-corrected chi connectivity index (χ0v) is 8.94. The fraction of sp³-hybridized carbons (Fsp3) is 0.308. The lowest BCUT2D eigenvalue weighted by molar-refractivity contribution is -0.117. The molecule has 1 unspecified atom stereocenters. The van der Waals surface area contributed by atoms with Gasteiger partial charge in [0.05, 0.1) is 0 Å². The number of carbonyl (C=O) groups is 1. The summed E-state index contributed by atoms with van der Waals surface area (Å²) in [5, 5.41) is 0. The molecule has 1 saturated heterocycles. The number of hydrogen-bond acceptors (Lipinski definition) is 1. The molecule has 1 atom stereocenters. The Morgan fingerprint density at radius 3 is 2.80 bits per heavy atom. The summed E-state index contributed by atoms with van der Waals surface area (Å²) in [7, 11) is 0. The van der Waals surface area contributed by atoms with Gasteiger partial charge in [-0.2, -0.15) is 0 Å². The van der Waals surface area contributed by atoms with E-state index in [4.69, 9.17) is 0 Å². The van der Waals surface area contributed by atoms with E-state index in [0.29, 0.717) is 12.3 Å². The molecule has 2 nitrogen and oxygen atoms in total. The first-order valence-electron chi connectivity index (χ1n) is 5.21. The Balaban J connectivity index is 2.29. The zero-order chi connectivity index (χ0) is 10.8. The number of carbonyl (C=O) groups excluding carboxylic acids is 1. The Kier molecular flexibility index (Phi) is 2.58. The van der Waals surface area contributed by atoms with Crippen molar-refractivity contribution in [2.24, 2.45) is 5.92 Å². The summed E-state index contributed by atoms with van der Waals surface area (Å²) in [6.45, 7) is 6.55. The third-order valence-corrected chi connectivity index (χ3v) is 2.89. The highest BCUT2D eigenvalue weighted by Crippen LogP contribution is 2.27. The van der Waals surface area contributed by atoms with Gasteiger partial charge in [0.25, 0.3) is 0 Å². The van der Waals surface area contributed by atoms with Gasteiger partial charge in [0.15, 0.2) is 0 Å². The van der Waals surface area contributed by atoms with Crippen LogP contribution in [0.15, 0.2) is 36.9 Å². The largest absolute Gasteiger partial charge is 0.312 e. The molecule has 1 aromatic rings. The van der Waals surface area contributed by atoms with Gasteiger partial charge < -0.3 is 4.90 Å². The van der Waals surface area contributed by atoms with E-state index in [1.54, 1.807) is 0 Å². The maximum atomic E-state index is 11.8. The lowest BCUT2D eigenvalue weighted by Gasteiger charge is -2.18. The first-order valence-corrected chi connectivity index (χ1v) is 5.21. The highest BCUT2D eigenvalue weighted by atomic mass is 16.2. The summed E-state index contributed by atoms with van der Waals surface area (Å²) in [5.41, 5.74) is 2.18. The van der Waals surface area contributed by atoms with Gasteiger partial charge in [0, 0.05) is 24.6 Å². The third-order valence-electron chi connectivity index (χ3n) is 2.89. The fourth-order valence-corrected chi connectivity index (χ4v) is 1.99. The van der Waals surface area contributed by atoms with Crippen molar-refractivity contribution in [2.45, 2.75) is 13.3 Å². The van der Waals surface area contributed by atoms with Crippen LogP contribution in [0.5, 0.6) is 0 Å². The molecule has 1 aromatic carbocycles. The fourth-order valence-electron chi connectivity index (χ4n) is 1.99. The lowest BCUT2D eigenvalue weighted by atomic mass is 10.1. The van der Waals surface area contributed by atoms with E-state index in [1.807, 2.05) is 42.2 Å². The monoisotopic (exact) mass is 201 g/mol.